The van der Waals surface area contributed by atoms with Gasteiger partial charge in [-0.15, -0.1) is 0 Å². The van der Waals surface area contributed by atoms with Crippen LogP contribution in [0.25, 0.3) is 0 Å². The molecular formula is C18H21NO4. The topological polar surface area (TPSA) is 56.8 Å². The van der Waals surface area contributed by atoms with Crippen LogP contribution in [0.15, 0.2) is 36.4 Å². The lowest BCUT2D eigenvalue weighted by Crippen LogP contribution is -2.23. The molecule has 23 heavy (non-hydrogen) atoms. The van der Waals surface area contributed by atoms with E-state index in [1.54, 1.807) is 33.5 Å². The summed E-state index contributed by atoms with van der Waals surface area (Å²) in [4.78, 5) is 12.2. The maximum absolute atomic E-state index is 12.2. The second-order valence-corrected chi connectivity index (χ2v) is 5.05. The summed E-state index contributed by atoms with van der Waals surface area (Å²) in [5, 5.41) is 2.89. The molecule has 0 saturated heterocycles. The average Bonchev–Trinajstić information content (AvgIpc) is 2.58. The number of amides is 1. The molecule has 0 bridgehead atoms. The van der Waals surface area contributed by atoms with E-state index in [0.717, 1.165) is 11.1 Å². The van der Waals surface area contributed by atoms with Crippen molar-refractivity contribution in [1.29, 1.82) is 0 Å². The van der Waals surface area contributed by atoms with Gasteiger partial charge in [0.05, 0.1) is 21.3 Å². The van der Waals surface area contributed by atoms with Gasteiger partial charge in [0.25, 0.3) is 5.91 Å². The van der Waals surface area contributed by atoms with Gasteiger partial charge in [-0.3, -0.25) is 4.79 Å². The van der Waals surface area contributed by atoms with Crippen molar-refractivity contribution in [1.82, 2.24) is 5.32 Å². The summed E-state index contributed by atoms with van der Waals surface area (Å²) in [5.74, 6) is 1.51. The van der Waals surface area contributed by atoms with E-state index in [4.69, 9.17) is 14.2 Å². The fraction of sp³-hybridized carbons (Fsp3) is 0.278. The second-order valence-electron chi connectivity index (χ2n) is 5.05. The van der Waals surface area contributed by atoms with Crippen LogP contribution in [0.3, 0.4) is 0 Å². The molecule has 2 aromatic carbocycles. The van der Waals surface area contributed by atoms with E-state index < -0.39 is 0 Å². The van der Waals surface area contributed by atoms with Crippen LogP contribution >= 0.6 is 0 Å². The van der Waals surface area contributed by atoms with E-state index >= 15 is 0 Å². The number of aryl methyl sites for hydroxylation is 1. The number of carbonyl (C=O) groups is 1. The normalized spacial score (nSPS) is 10.1. The molecule has 2 rings (SSSR count). The second kappa shape index (κ2) is 7.54. The van der Waals surface area contributed by atoms with Crippen molar-refractivity contribution in [2.45, 2.75) is 13.5 Å². The van der Waals surface area contributed by atoms with Gasteiger partial charge in [0, 0.05) is 17.7 Å². The van der Waals surface area contributed by atoms with Crippen molar-refractivity contribution in [2.75, 3.05) is 21.3 Å². The lowest BCUT2D eigenvalue weighted by atomic mass is 10.1. The Kier molecular flexibility index (Phi) is 5.46. The molecule has 0 spiro atoms. The van der Waals surface area contributed by atoms with E-state index in [1.807, 2.05) is 31.2 Å². The predicted molar refractivity (Wildman–Crippen MR) is 88.4 cm³/mol. The predicted octanol–water partition coefficient (Wildman–Crippen LogP) is 2.95. The van der Waals surface area contributed by atoms with Crippen LogP contribution in [0.1, 0.15) is 21.5 Å². The highest BCUT2D eigenvalue weighted by Crippen LogP contribution is 2.39. The Hall–Kier alpha value is -2.69. The minimum absolute atomic E-state index is 0.134. The molecule has 0 aliphatic heterocycles. The van der Waals surface area contributed by atoms with Crippen LogP contribution in [0.5, 0.6) is 17.2 Å². The van der Waals surface area contributed by atoms with Crippen LogP contribution in [-0.2, 0) is 6.54 Å². The standard InChI is InChI=1S/C18H21NO4/c1-12-6-5-7-13(10-12)18(20)19-11-14-8-9-15(21-2)17(23-4)16(14)22-3/h5-10H,11H2,1-4H3,(H,19,20). The minimum Gasteiger partial charge on any atom is -0.493 e. The maximum Gasteiger partial charge on any atom is 0.251 e. The zero-order valence-electron chi connectivity index (χ0n) is 13.8. The van der Waals surface area contributed by atoms with Crippen LogP contribution in [-0.4, -0.2) is 27.2 Å². The molecule has 5 nitrogen and oxygen atoms in total. The molecule has 0 aromatic heterocycles. The fourth-order valence-corrected chi connectivity index (χ4v) is 2.37. The molecular weight excluding hydrogens is 294 g/mol. The molecule has 0 fully saturated rings. The van der Waals surface area contributed by atoms with Gasteiger partial charge < -0.3 is 19.5 Å². The Labute approximate surface area is 136 Å². The van der Waals surface area contributed by atoms with E-state index in [1.165, 1.54) is 0 Å². The average molecular weight is 315 g/mol. The van der Waals surface area contributed by atoms with Crippen molar-refractivity contribution in [3.8, 4) is 17.2 Å². The number of methoxy groups -OCH3 is 3. The number of hydrogen-bond acceptors (Lipinski definition) is 4. The SMILES string of the molecule is COc1ccc(CNC(=O)c2cccc(C)c2)c(OC)c1OC. The summed E-state index contributed by atoms with van der Waals surface area (Å²) in [7, 11) is 4.68. The first-order valence-electron chi connectivity index (χ1n) is 7.23. The molecule has 0 heterocycles. The highest BCUT2D eigenvalue weighted by atomic mass is 16.5. The molecule has 1 amide bonds. The first kappa shape index (κ1) is 16.7. The largest absolute Gasteiger partial charge is 0.493 e. The quantitative estimate of drug-likeness (QED) is 0.890. The van der Waals surface area contributed by atoms with Crippen molar-refractivity contribution < 1.29 is 19.0 Å². The summed E-state index contributed by atoms with van der Waals surface area (Å²) in [6, 6.07) is 11.1. The van der Waals surface area contributed by atoms with Crippen LogP contribution < -0.4 is 19.5 Å². The van der Waals surface area contributed by atoms with E-state index in [2.05, 4.69) is 5.32 Å². The first-order chi connectivity index (χ1) is 11.1. The van der Waals surface area contributed by atoms with Crippen molar-refractivity contribution in [3.63, 3.8) is 0 Å². The van der Waals surface area contributed by atoms with Crippen LogP contribution in [0.2, 0.25) is 0 Å². The van der Waals surface area contributed by atoms with E-state index in [9.17, 15) is 4.79 Å². The van der Waals surface area contributed by atoms with Gasteiger partial charge in [0.2, 0.25) is 5.75 Å². The Morgan fingerprint density at radius 3 is 2.35 bits per heavy atom. The molecule has 122 valence electrons. The third-order valence-corrected chi connectivity index (χ3v) is 3.51. The molecule has 0 atom stereocenters. The maximum atomic E-state index is 12.2. The number of ether oxygens (including phenoxy) is 3. The summed E-state index contributed by atoms with van der Waals surface area (Å²) in [6.45, 7) is 2.28. The lowest BCUT2D eigenvalue weighted by Gasteiger charge is -2.16. The van der Waals surface area contributed by atoms with Crippen molar-refractivity contribution in [2.24, 2.45) is 0 Å². The Bertz CT molecular complexity index is 697. The summed E-state index contributed by atoms with van der Waals surface area (Å²) >= 11 is 0. The van der Waals surface area contributed by atoms with Gasteiger partial charge in [0.15, 0.2) is 11.5 Å². The van der Waals surface area contributed by atoms with Gasteiger partial charge in [-0.05, 0) is 31.2 Å². The number of hydrogen-bond donors (Lipinski definition) is 1. The van der Waals surface area contributed by atoms with Crippen molar-refractivity contribution >= 4 is 5.91 Å². The molecule has 0 unspecified atom stereocenters. The van der Waals surface area contributed by atoms with Gasteiger partial charge in [-0.25, -0.2) is 0 Å². The third-order valence-electron chi connectivity index (χ3n) is 3.51. The first-order valence-corrected chi connectivity index (χ1v) is 7.23. The van der Waals surface area contributed by atoms with E-state index in [-0.39, 0.29) is 5.91 Å². The number of nitrogens with one attached hydrogen (secondary N) is 1. The molecule has 0 radical (unpaired) electrons. The van der Waals surface area contributed by atoms with Crippen LogP contribution in [0, 0.1) is 6.92 Å². The number of benzene rings is 2. The Balaban J connectivity index is 2.18. The fourth-order valence-electron chi connectivity index (χ4n) is 2.37. The molecule has 5 heteroatoms. The summed E-state index contributed by atoms with van der Waals surface area (Å²) in [5.41, 5.74) is 2.48. The molecule has 0 aliphatic carbocycles. The minimum atomic E-state index is -0.134. The monoisotopic (exact) mass is 315 g/mol. The van der Waals surface area contributed by atoms with Gasteiger partial charge in [-0.1, -0.05) is 17.7 Å². The molecule has 0 aliphatic rings. The molecule has 1 N–H and O–H groups in total. The van der Waals surface area contributed by atoms with Gasteiger partial charge in [0.1, 0.15) is 0 Å². The highest BCUT2D eigenvalue weighted by molar-refractivity contribution is 5.94. The molecule has 0 saturated carbocycles. The third kappa shape index (κ3) is 3.74. The summed E-state index contributed by atoms with van der Waals surface area (Å²) in [6.07, 6.45) is 0. The lowest BCUT2D eigenvalue weighted by molar-refractivity contribution is 0.0950. The van der Waals surface area contributed by atoms with Gasteiger partial charge >= 0.3 is 0 Å². The molecule has 2 aromatic rings. The Morgan fingerprint density at radius 2 is 1.74 bits per heavy atom. The Morgan fingerprint density at radius 1 is 1.00 bits per heavy atom. The zero-order valence-corrected chi connectivity index (χ0v) is 13.8. The number of rotatable bonds is 6. The van der Waals surface area contributed by atoms with E-state index in [0.29, 0.717) is 29.4 Å². The summed E-state index contributed by atoms with van der Waals surface area (Å²) < 4.78 is 16.0. The van der Waals surface area contributed by atoms with Gasteiger partial charge in [-0.2, -0.15) is 0 Å². The zero-order chi connectivity index (χ0) is 16.8. The number of carbonyl (C=O) groups excluding carboxylic acids is 1. The van der Waals surface area contributed by atoms with Crippen LogP contribution in [0.4, 0.5) is 0 Å². The van der Waals surface area contributed by atoms with Crippen molar-refractivity contribution in [3.05, 3.63) is 53.1 Å². The highest BCUT2D eigenvalue weighted by Gasteiger charge is 2.16. The smallest absolute Gasteiger partial charge is 0.251 e.